The summed E-state index contributed by atoms with van der Waals surface area (Å²) in [6.45, 7) is 7.86. The van der Waals surface area contributed by atoms with Crippen LogP contribution in [0.15, 0.2) is 53.1 Å². The summed E-state index contributed by atoms with van der Waals surface area (Å²) < 4.78 is 24.8. The highest BCUT2D eigenvalue weighted by atomic mass is 19.1. The molecule has 1 unspecified atom stereocenters. The molecular formula is C27H33FN4O3. The number of halogens is 1. The number of aromatic nitrogens is 1. The third kappa shape index (κ3) is 5.48. The summed E-state index contributed by atoms with van der Waals surface area (Å²) >= 11 is 0. The molecule has 0 N–H and O–H groups in total. The molecule has 2 aromatic carbocycles. The largest absolute Gasteiger partial charge is 0.497 e. The van der Waals surface area contributed by atoms with Gasteiger partial charge in [0, 0.05) is 43.3 Å². The summed E-state index contributed by atoms with van der Waals surface area (Å²) in [7, 11) is 3.70. The summed E-state index contributed by atoms with van der Waals surface area (Å²) in [5, 5.41) is 4.40. The Balaban J connectivity index is 1.73. The zero-order valence-corrected chi connectivity index (χ0v) is 20.8. The molecule has 1 atom stereocenters. The van der Waals surface area contributed by atoms with Crippen LogP contribution in [0.2, 0.25) is 0 Å². The van der Waals surface area contributed by atoms with Gasteiger partial charge in [-0.25, -0.2) is 4.39 Å². The van der Waals surface area contributed by atoms with Gasteiger partial charge >= 0.3 is 0 Å². The SMILES string of the molecule is CCC(C)N(Cc1c(-c2ccc(F)cc2)noc1N1CCN(C)CC1)C(=O)c1ccc(OC)cc1. The first-order valence-corrected chi connectivity index (χ1v) is 12.0. The molecule has 4 rings (SSSR count). The van der Waals surface area contributed by atoms with Crippen LogP contribution in [0, 0.1) is 5.82 Å². The summed E-state index contributed by atoms with van der Waals surface area (Å²) in [6, 6.07) is 13.4. The van der Waals surface area contributed by atoms with Gasteiger partial charge in [0.25, 0.3) is 5.91 Å². The van der Waals surface area contributed by atoms with E-state index in [0.29, 0.717) is 29.4 Å². The first-order chi connectivity index (χ1) is 16.9. The normalized spacial score (nSPS) is 15.2. The average molecular weight is 481 g/mol. The maximum atomic E-state index is 13.7. The van der Waals surface area contributed by atoms with Crippen LogP contribution in [0.3, 0.4) is 0 Å². The number of anilines is 1. The van der Waals surface area contributed by atoms with Gasteiger partial charge in [0.1, 0.15) is 17.3 Å². The number of piperazine rings is 1. The Morgan fingerprint density at radius 2 is 1.77 bits per heavy atom. The topological polar surface area (TPSA) is 62.1 Å². The second-order valence-corrected chi connectivity index (χ2v) is 9.03. The molecule has 1 aliphatic heterocycles. The summed E-state index contributed by atoms with van der Waals surface area (Å²) in [5.41, 5.74) is 2.82. The van der Waals surface area contributed by atoms with Crippen LogP contribution in [-0.2, 0) is 6.54 Å². The van der Waals surface area contributed by atoms with E-state index >= 15 is 0 Å². The van der Waals surface area contributed by atoms with Gasteiger partial charge in [-0.2, -0.15) is 0 Å². The number of methoxy groups -OCH3 is 1. The number of likely N-dealkylation sites (N-methyl/N-ethyl adjacent to an activating group) is 1. The van der Waals surface area contributed by atoms with Crippen molar-refractivity contribution in [2.24, 2.45) is 0 Å². The van der Waals surface area contributed by atoms with Gasteiger partial charge in [-0.3, -0.25) is 4.79 Å². The highest BCUT2D eigenvalue weighted by Crippen LogP contribution is 2.34. The molecule has 3 aromatic rings. The first kappa shape index (κ1) is 24.7. The molecule has 7 nitrogen and oxygen atoms in total. The van der Waals surface area contributed by atoms with Crippen molar-refractivity contribution in [3.05, 3.63) is 65.5 Å². The van der Waals surface area contributed by atoms with Crippen molar-refractivity contribution in [2.75, 3.05) is 45.2 Å². The number of nitrogens with zero attached hydrogens (tertiary/aromatic N) is 4. The Labute approximate surface area is 206 Å². The summed E-state index contributed by atoms with van der Waals surface area (Å²) in [4.78, 5) is 20.0. The van der Waals surface area contributed by atoms with Gasteiger partial charge in [0.15, 0.2) is 0 Å². The molecule has 1 saturated heterocycles. The van der Waals surface area contributed by atoms with Crippen molar-refractivity contribution >= 4 is 11.8 Å². The molecule has 0 bridgehead atoms. The number of rotatable bonds is 8. The number of carbonyl (C=O) groups excluding carboxylic acids is 1. The third-order valence-electron chi connectivity index (χ3n) is 6.72. The average Bonchev–Trinajstić information content (AvgIpc) is 3.30. The first-order valence-electron chi connectivity index (χ1n) is 12.0. The summed E-state index contributed by atoms with van der Waals surface area (Å²) in [5.74, 6) is 0.992. The van der Waals surface area contributed by atoms with Crippen molar-refractivity contribution < 1.29 is 18.4 Å². The van der Waals surface area contributed by atoms with E-state index in [1.54, 1.807) is 43.5 Å². The van der Waals surface area contributed by atoms with Crippen LogP contribution in [0.4, 0.5) is 10.3 Å². The molecule has 0 saturated carbocycles. The van der Waals surface area contributed by atoms with E-state index in [1.165, 1.54) is 12.1 Å². The second kappa shape index (κ2) is 10.9. The number of benzene rings is 2. The fraction of sp³-hybridized carbons (Fsp3) is 0.407. The standard InChI is InChI=1S/C27H33FN4O3/c1-5-19(2)32(26(33)21-8-12-23(34-4)13-9-21)18-24-25(20-6-10-22(28)11-7-20)29-35-27(24)31-16-14-30(3)15-17-31/h6-13,19H,5,14-18H2,1-4H3. The van der Waals surface area contributed by atoms with E-state index in [0.717, 1.165) is 43.7 Å². The Morgan fingerprint density at radius 1 is 1.11 bits per heavy atom. The fourth-order valence-corrected chi connectivity index (χ4v) is 4.25. The van der Waals surface area contributed by atoms with Crippen molar-refractivity contribution in [1.82, 2.24) is 15.0 Å². The Hall–Kier alpha value is -3.39. The highest BCUT2D eigenvalue weighted by molar-refractivity contribution is 5.94. The number of hydrogen-bond acceptors (Lipinski definition) is 6. The Bertz CT molecular complexity index is 1120. The zero-order valence-electron chi connectivity index (χ0n) is 20.8. The number of carbonyl (C=O) groups is 1. The van der Waals surface area contributed by atoms with Gasteiger partial charge in [-0.1, -0.05) is 12.1 Å². The highest BCUT2D eigenvalue weighted by Gasteiger charge is 2.29. The van der Waals surface area contributed by atoms with Gasteiger partial charge in [-0.05, 0) is 68.9 Å². The minimum Gasteiger partial charge on any atom is -0.497 e. The van der Waals surface area contributed by atoms with Crippen LogP contribution < -0.4 is 9.64 Å². The lowest BCUT2D eigenvalue weighted by Gasteiger charge is -2.33. The van der Waals surface area contributed by atoms with Crippen molar-refractivity contribution in [2.45, 2.75) is 32.9 Å². The summed E-state index contributed by atoms with van der Waals surface area (Å²) in [6.07, 6.45) is 0.795. The third-order valence-corrected chi connectivity index (χ3v) is 6.72. The molecule has 186 valence electrons. The van der Waals surface area contributed by atoms with Crippen LogP contribution in [-0.4, -0.2) is 67.2 Å². The van der Waals surface area contributed by atoms with Gasteiger partial charge < -0.3 is 24.0 Å². The number of hydrogen-bond donors (Lipinski definition) is 0. The lowest BCUT2D eigenvalue weighted by molar-refractivity contribution is 0.0672. The molecule has 2 heterocycles. The molecule has 1 aliphatic rings. The van der Waals surface area contributed by atoms with Crippen LogP contribution in [0.25, 0.3) is 11.3 Å². The Kier molecular flexibility index (Phi) is 7.70. The van der Waals surface area contributed by atoms with Gasteiger partial charge in [0.05, 0.1) is 19.2 Å². The monoisotopic (exact) mass is 480 g/mol. The molecule has 35 heavy (non-hydrogen) atoms. The molecule has 0 radical (unpaired) electrons. The minimum atomic E-state index is -0.311. The van der Waals surface area contributed by atoms with Crippen molar-refractivity contribution in [3.63, 3.8) is 0 Å². The molecule has 1 aromatic heterocycles. The van der Waals surface area contributed by atoms with E-state index in [2.05, 4.69) is 28.9 Å². The quantitative estimate of drug-likeness (QED) is 0.467. The van der Waals surface area contributed by atoms with Crippen molar-refractivity contribution in [1.29, 1.82) is 0 Å². The lowest BCUT2D eigenvalue weighted by atomic mass is 10.0. The van der Waals surface area contributed by atoms with E-state index in [4.69, 9.17) is 9.26 Å². The fourth-order valence-electron chi connectivity index (χ4n) is 4.25. The maximum absolute atomic E-state index is 13.7. The van der Waals surface area contributed by atoms with E-state index in [1.807, 2.05) is 11.8 Å². The van der Waals surface area contributed by atoms with Gasteiger partial charge in [-0.15, -0.1) is 0 Å². The number of ether oxygens (including phenoxy) is 1. The smallest absolute Gasteiger partial charge is 0.254 e. The molecule has 1 amide bonds. The van der Waals surface area contributed by atoms with Crippen LogP contribution in [0.5, 0.6) is 5.75 Å². The molecule has 1 fully saturated rings. The Morgan fingerprint density at radius 3 is 2.37 bits per heavy atom. The zero-order chi connectivity index (χ0) is 24.9. The van der Waals surface area contributed by atoms with E-state index < -0.39 is 0 Å². The molecular weight excluding hydrogens is 447 g/mol. The van der Waals surface area contributed by atoms with Crippen LogP contribution in [0.1, 0.15) is 36.2 Å². The van der Waals surface area contributed by atoms with Crippen molar-refractivity contribution in [3.8, 4) is 17.0 Å². The molecule has 0 spiro atoms. The van der Waals surface area contributed by atoms with Gasteiger partial charge in [0.2, 0.25) is 5.88 Å². The molecule has 0 aliphatic carbocycles. The van der Waals surface area contributed by atoms with Crippen LogP contribution >= 0.6 is 0 Å². The number of amides is 1. The lowest BCUT2D eigenvalue weighted by Crippen LogP contribution is -2.45. The molecule has 8 heteroatoms. The van der Waals surface area contributed by atoms with E-state index in [-0.39, 0.29) is 17.8 Å². The second-order valence-electron chi connectivity index (χ2n) is 9.03. The minimum absolute atomic E-state index is 0.0130. The maximum Gasteiger partial charge on any atom is 0.254 e. The van der Waals surface area contributed by atoms with E-state index in [9.17, 15) is 9.18 Å². The predicted octanol–water partition coefficient (Wildman–Crippen LogP) is 4.68. The predicted molar refractivity (Wildman–Crippen MR) is 134 cm³/mol.